The zero-order chi connectivity index (χ0) is 22.0. The number of nitrogens with zero attached hydrogens (tertiary/aromatic N) is 4. The highest BCUT2D eigenvalue weighted by Crippen LogP contribution is 2.20. The number of hydrogen-bond acceptors (Lipinski definition) is 5. The Morgan fingerprint density at radius 2 is 1.53 bits per heavy atom. The standard InChI is InChI=1S/C27H28N4O/c32-25-13-11-21(12-14-25)6-4-10-27-30-16-15-26(31-27)23-8-3-7-22(19-23)5-1-2-9-24-20-28-17-18-29-24/h3,7-8,11-20,32H,1-2,4-6,9-10H2. The summed E-state index contributed by atoms with van der Waals surface area (Å²) in [6.07, 6.45) is 14.1. The van der Waals surface area contributed by atoms with E-state index >= 15 is 0 Å². The van der Waals surface area contributed by atoms with E-state index < -0.39 is 0 Å². The minimum Gasteiger partial charge on any atom is -0.508 e. The van der Waals surface area contributed by atoms with E-state index in [0.717, 1.165) is 67.7 Å². The molecule has 5 nitrogen and oxygen atoms in total. The second kappa shape index (κ2) is 11.1. The number of phenolic OH excluding ortho intramolecular Hbond substituents is 1. The monoisotopic (exact) mass is 424 g/mol. The molecule has 0 fully saturated rings. The number of rotatable bonds is 10. The molecule has 0 aliphatic heterocycles. The quantitative estimate of drug-likeness (QED) is 0.346. The third-order valence-electron chi connectivity index (χ3n) is 5.50. The summed E-state index contributed by atoms with van der Waals surface area (Å²) < 4.78 is 0. The lowest BCUT2D eigenvalue weighted by Crippen LogP contribution is -1.98. The topological polar surface area (TPSA) is 71.8 Å². The van der Waals surface area contributed by atoms with Gasteiger partial charge in [0.15, 0.2) is 0 Å². The van der Waals surface area contributed by atoms with E-state index in [-0.39, 0.29) is 0 Å². The predicted molar refractivity (Wildman–Crippen MR) is 126 cm³/mol. The van der Waals surface area contributed by atoms with Crippen LogP contribution in [0.2, 0.25) is 0 Å². The number of phenols is 1. The fourth-order valence-corrected chi connectivity index (χ4v) is 3.77. The molecule has 0 saturated heterocycles. The molecule has 5 heteroatoms. The van der Waals surface area contributed by atoms with Crippen LogP contribution >= 0.6 is 0 Å². The molecule has 0 radical (unpaired) electrons. The average molecular weight is 425 g/mol. The van der Waals surface area contributed by atoms with E-state index in [0.29, 0.717) is 5.75 Å². The van der Waals surface area contributed by atoms with Crippen molar-refractivity contribution in [2.45, 2.75) is 44.9 Å². The Hall–Kier alpha value is -3.60. The number of aryl methyl sites for hydroxylation is 4. The minimum absolute atomic E-state index is 0.303. The molecule has 0 aliphatic rings. The van der Waals surface area contributed by atoms with Gasteiger partial charge in [-0.2, -0.15) is 0 Å². The Kier molecular flexibility index (Phi) is 7.53. The molecular weight excluding hydrogens is 396 g/mol. The summed E-state index contributed by atoms with van der Waals surface area (Å²) >= 11 is 0. The van der Waals surface area contributed by atoms with Crippen LogP contribution in [0.15, 0.2) is 79.4 Å². The van der Waals surface area contributed by atoms with Gasteiger partial charge in [0, 0.05) is 36.8 Å². The van der Waals surface area contributed by atoms with E-state index in [2.05, 4.69) is 39.2 Å². The number of unbranched alkanes of at least 4 members (excludes halogenated alkanes) is 1. The normalized spacial score (nSPS) is 10.9. The van der Waals surface area contributed by atoms with Gasteiger partial charge in [-0.25, -0.2) is 9.97 Å². The van der Waals surface area contributed by atoms with Gasteiger partial charge in [0.05, 0.1) is 11.4 Å². The molecule has 2 heterocycles. The van der Waals surface area contributed by atoms with Gasteiger partial charge in [0.1, 0.15) is 11.6 Å². The van der Waals surface area contributed by atoms with Gasteiger partial charge in [0.25, 0.3) is 0 Å². The molecule has 0 atom stereocenters. The third-order valence-corrected chi connectivity index (χ3v) is 5.50. The van der Waals surface area contributed by atoms with Crippen molar-refractivity contribution < 1.29 is 5.11 Å². The molecule has 2 aromatic carbocycles. The summed E-state index contributed by atoms with van der Waals surface area (Å²) in [5.41, 5.74) is 5.71. The number of aromatic hydroxyl groups is 1. The van der Waals surface area contributed by atoms with E-state index in [1.807, 2.05) is 30.6 Å². The van der Waals surface area contributed by atoms with Crippen LogP contribution in [-0.2, 0) is 25.7 Å². The minimum atomic E-state index is 0.303. The van der Waals surface area contributed by atoms with Crippen LogP contribution in [0.5, 0.6) is 5.75 Å². The molecule has 0 amide bonds. The summed E-state index contributed by atoms with van der Waals surface area (Å²) in [6.45, 7) is 0. The largest absolute Gasteiger partial charge is 0.508 e. The lowest BCUT2D eigenvalue weighted by atomic mass is 10.0. The maximum absolute atomic E-state index is 9.40. The van der Waals surface area contributed by atoms with E-state index in [9.17, 15) is 5.11 Å². The molecule has 32 heavy (non-hydrogen) atoms. The van der Waals surface area contributed by atoms with Crippen LogP contribution in [0.4, 0.5) is 0 Å². The fraction of sp³-hybridized carbons (Fsp3) is 0.259. The maximum atomic E-state index is 9.40. The van der Waals surface area contributed by atoms with E-state index in [4.69, 9.17) is 4.98 Å². The predicted octanol–water partition coefficient (Wildman–Crippen LogP) is 5.38. The molecule has 4 aromatic rings. The van der Waals surface area contributed by atoms with Gasteiger partial charge in [-0.1, -0.05) is 30.3 Å². The van der Waals surface area contributed by atoms with Gasteiger partial charge < -0.3 is 5.11 Å². The number of aromatic nitrogens is 4. The highest BCUT2D eigenvalue weighted by Gasteiger charge is 2.05. The summed E-state index contributed by atoms with van der Waals surface area (Å²) in [5, 5.41) is 9.40. The smallest absolute Gasteiger partial charge is 0.128 e. The Morgan fingerprint density at radius 3 is 2.38 bits per heavy atom. The van der Waals surface area contributed by atoms with Gasteiger partial charge in [0.2, 0.25) is 0 Å². The zero-order valence-corrected chi connectivity index (χ0v) is 18.2. The third kappa shape index (κ3) is 6.45. The van der Waals surface area contributed by atoms with Crippen molar-refractivity contribution in [2.24, 2.45) is 0 Å². The lowest BCUT2D eigenvalue weighted by Gasteiger charge is -2.07. The molecule has 0 spiro atoms. The first-order valence-electron chi connectivity index (χ1n) is 11.2. The first-order chi connectivity index (χ1) is 15.8. The van der Waals surface area contributed by atoms with Crippen molar-refractivity contribution in [2.75, 3.05) is 0 Å². The fourth-order valence-electron chi connectivity index (χ4n) is 3.77. The highest BCUT2D eigenvalue weighted by atomic mass is 16.3. The molecule has 2 aromatic heterocycles. The van der Waals surface area contributed by atoms with Gasteiger partial charge in [-0.3, -0.25) is 9.97 Å². The molecule has 4 rings (SSSR count). The lowest BCUT2D eigenvalue weighted by molar-refractivity contribution is 0.475. The van der Waals surface area contributed by atoms with Crippen molar-refractivity contribution >= 4 is 0 Å². The Morgan fingerprint density at radius 1 is 0.688 bits per heavy atom. The molecule has 0 unspecified atom stereocenters. The van der Waals surface area contributed by atoms with Crippen LogP contribution in [0.25, 0.3) is 11.3 Å². The summed E-state index contributed by atoms with van der Waals surface area (Å²) in [7, 11) is 0. The van der Waals surface area contributed by atoms with Crippen LogP contribution in [0.3, 0.4) is 0 Å². The summed E-state index contributed by atoms with van der Waals surface area (Å²) in [6, 6.07) is 18.0. The number of benzene rings is 2. The van der Waals surface area contributed by atoms with Crippen molar-refractivity contribution in [3.63, 3.8) is 0 Å². The molecule has 1 N–H and O–H groups in total. The van der Waals surface area contributed by atoms with Crippen LogP contribution < -0.4 is 0 Å². The van der Waals surface area contributed by atoms with Gasteiger partial charge in [-0.05, 0) is 73.9 Å². The summed E-state index contributed by atoms with van der Waals surface area (Å²) in [4.78, 5) is 17.7. The molecule has 0 aliphatic carbocycles. The molecule has 0 bridgehead atoms. The number of hydrogen-bond donors (Lipinski definition) is 1. The van der Waals surface area contributed by atoms with Crippen molar-refractivity contribution in [3.8, 4) is 17.0 Å². The highest BCUT2D eigenvalue weighted by molar-refractivity contribution is 5.59. The van der Waals surface area contributed by atoms with E-state index in [1.165, 1.54) is 11.1 Å². The summed E-state index contributed by atoms with van der Waals surface area (Å²) in [5.74, 6) is 1.17. The van der Waals surface area contributed by atoms with Crippen LogP contribution in [0.1, 0.15) is 41.9 Å². The van der Waals surface area contributed by atoms with Gasteiger partial charge in [-0.15, -0.1) is 0 Å². The van der Waals surface area contributed by atoms with Crippen molar-refractivity contribution in [1.82, 2.24) is 19.9 Å². The Bertz CT molecular complexity index is 1110. The van der Waals surface area contributed by atoms with Gasteiger partial charge >= 0.3 is 0 Å². The molecular formula is C27H28N4O. The van der Waals surface area contributed by atoms with Crippen LogP contribution in [0, 0.1) is 0 Å². The second-order valence-corrected chi connectivity index (χ2v) is 7.98. The van der Waals surface area contributed by atoms with E-state index in [1.54, 1.807) is 24.5 Å². The molecule has 162 valence electrons. The average Bonchev–Trinajstić information content (AvgIpc) is 2.84. The maximum Gasteiger partial charge on any atom is 0.128 e. The first kappa shape index (κ1) is 21.6. The Labute approximate surface area is 189 Å². The van der Waals surface area contributed by atoms with Crippen molar-refractivity contribution in [1.29, 1.82) is 0 Å². The first-order valence-corrected chi connectivity index (χ1v) is 11.2. The zero-order valence-electron chi connectivity index (χ0n) is 18.2. The molecule has 0 saturated carbocycles. The van der Waals surface area contributed by atoms with Crippen LogP contribution in [-0.4, -0.2) is 25.0 Å². The SMILES string of the molecule is Oc1ccc(CCCc2nccc(-c3cccc(CCCCc4cnccn4)c3)n2)cc1. The Balaban J connectivity index is 1.30. The second-order valence-electron chi connectivity index (χ2n) is 7.98. The van der Waals surface area contributed by atoms with Crippen molar-refractivity contribution in [3.05, 3.63) is 102 Å².